The summed E-state index contributed by atoms with van der Waals surface area (Å²) < 4.78 is 11.1. The van der Waals surface area contributed by atoms with Crippen LogP contribution in [-0.2, 0) is 4.74 Å². The highest BCUT2D eigenvalue weighted by atomic mass is 79.9. The molecule has 25 heavy (non-hydrogen) atoms. The van der Waals surface area contributed by atoms with Crippen molar-refractivity contribution in [3.8, 4) is 5.75 Å². The minimum Gasteiger partial charge on any atom is -0.490 e. The molecule has 1 aromatic rings. The van der Waals surface area contributed by atoms with E-state index >= 15 is 0 Å². The van der Waals surface area contributed by atoms with E-state index in [2.05, 4.69) is 20.8 Å². The lowest BCUT2D eigenvalue weighted by molar-refractivity contribution is -0.385. The van der Waals surface area contributed by atoms with Crippen LogP contribution in [0.1, 0.15) is 20.8 Å². The molecule has 2 rings (SSSR count). The molecular weight excluding hydrogens is 394 g/mol. The van der Waals surface area contributed by atoms with Crippen molar-refractivity contribution in [1.29, 1.82) is 0 Å². The summed E-state index contributed by atoms with van der Waals surface area (Å²) in [4.78, 5) is 26.4. The predicted molar refractivity (Wildman–Crippen MR) is 97.4 cm³/mol. The zero-order valence-corrected chi connectivity index (χ0v) is 16.3. The van der Waals surface area contributed by atoms with Crippen LogP contribution in [0.25, 0.3) is 0 Å². The molecule has 1 fully saturated rings. The van der Waals surface area contributed by atoms with Crippen molar-refractivity contribution in [3.05, 3.63) is 26.7 Å². The first-order valence-corrected chi connectivity index (χ1v) is 8.66. The van der Waals surface area contributed by atoms with Gasteiger partial charge in [-0.1, -0.05) is 0 Å². The van der Waals surface area contributed by atoms with Crippen LogP contribution in [0.15, 0.2) is 16.6 Å². The van der Waals surface area contributed by atoms with Gasteiger partial charge in [-0.15, -0.1) is 0 Å². The maximum atomic E-state index is 12.1. The summed E-state index contributed by atoms with van der Waals surface area (Å²) in [6.45, 7) is 7.73. The van der Waals surface area contributed by atoms with Gasteiger partial charge in [-0.3, -0.25) is 10.1 Å². The van der Waals surface area contributed by atoms with Crippen molar-refractivity contribution in [3.63, 3.8) is 0 Å². The molecule has 0 bridgehead atoms. The molecule has 0 N–H and O–H groups in total. The number of nitro groups is 1. The third-order valence-electron chi connectivity index (χ3n) is 3.72. The largest absolute Gasteiger partial charge is 0.490 e. The minimum atomic E-state index is -0.525. The van der Waals surface area contributed by atoms with E-state index in [0.29, 0.717) is 30.7 Å². The molecule has 0 atom stereocenters. The molecule has 1 heterocycles. The van der Waals surface area contributed by atoms with Gasteiger partial charge in [-0.2, -0.15) is 0 Å². The van der Waals surface area contributed by atoms with E-state index in [1.165, 1.54) is 13.2 Å². The van der Waals surface area contributed by atoms with Gasteiger partial charge in [-0.05, 0) is 36.7 Å². The Labute approximate surface area is 155 Å². The van der Waals surface area contributed by atoms with Crippen molar-refractivity contribution in [2.24, 2.45) is 0 Å². The van der Waals surface area contributed by atoms with E-state index in [0.717, 1.165) is 5.69 Å². The highest BCUT2D eigenvalue weighted by Gasteiger charge is 2.28. The number of hydrogen-bond acceptors (Lipinski definition) is 6. The van der Waals surface area contributed by atoms with Crippen LogP contribution >= 0.6 is 15.9 Å². The average Bonchev–Trinajstić information content (AvgIpc) is 2.53. The predicted octanol–water partition coefficient (Wildman–Crippen LogP) is 3.42. The topological polar surface area (TPSA) is 85.2 Å². The third kappa shape index (κ3) is 4.75. The van der Waals surface area contributed by atoms with Crippen LogP contribution in [0.4, 0.5) is 16.2 Å². The molecule has 1 aliphatic heterocycles. The van der Waals surface area contributed by atoms with Gasteiger partial charge in [0.05, 0.1) is 17.7 Å². The van der Waals surface area contributed by atoms with Gasteiger partial charge in [-0.25, -0.2) is 4.79 Å². The molecule has 1 aliphatic rings. The Kier molecular flexibility index (Phi) is 5.76. The van der Waals surface area contributed by atoms with Gasteiger partial charge < -0.3 is 19.3 Å². The molecule has 8 nitrogen and oxygen atoms in total. The van der Waals surface area contributed by atoms with E-state index in [1.54, 1.807) is 11.0 Å². The fourth-order valence-corrected chi connectivity index (χ4v) is 3.12. The smallest absolute Gasteiger partial charge is 0.410 e. The van der Waals surface area contributed by atoms with Crippen LogP contribution in [0.5, 0.6) is 5.75 Å². The number of piperazine rings is 1. The molecule has 1 aromatic carbocycles. The SMILES string of the molecule is COc1cc(N2CCN(C(=O)OC(C)(C)C)CC2)c(Br)cc1[N+](=O)[O-]. The van der Waals surface area contributed by atoms with E-state index in [1.807, 2.05) is 20.8 Å². The number of carbonyl (C=O) groups is 1. The molecule has 0 radical (unpaired) electrons. The lowest BCUT2D eigenvalue weighted by atomic mass is 10.2. The quantitative estimate of drug-likeness (QED) is 0.555. The summed E-state index contributed by atoms with van der Waals surface area (Å²) in [5.41, 5.74) is 0.181. The van der Waals surface area contributed by atoms with Crippen molar-refractivity contribution in [1.82, 2.24) is 4.90 Å². The Bertz CT molecular complexity index is 666. The van der Waals surface area contributed by atoms with Crippen molar-refractivity contribution in [2.75, 3.05) is 38.2 Å². The second kappa shape index (κ2) is 7.47. The molecule has 0 spiro atoms. The average molecular weight is 416 g/mol. The molecule has 9 heteroatoms. The van der Waals surface area contributed by atoms with Crippen molar-refractivity contribution in [2.45, 2.75) is 26.4 Å². The standard InChI is InChI=1S/C16H22BrN3O5/c1-16(2,3)25-15(21)19-7-5-18(6-8-19)12-10-14(24-4)13(20(22)23)9-11(12)17/h9-10H,5-8H2,1-4H3. The number of benzene rings is 1. The summed E-state index contributed by atoms with van der Waals surface area (Å²) in [7, 11) is 1.40. The molecular formula is C16H22BrN3O5. The lowest BCUT2D eigenvalue weighted by Crippen LogP contribution is -2.50. The summed E-state index contributed by atoms with van der Waals surface area (Å²) in [5, 5.41) is 11.1. The molecule has 0 unspecified atom stereocenters. The highest BCUT2D eigenvalue weighted by molar-refractivity contribution is 9.10. The van der Waals surface area contributed by atoms with Gasteiger partial charge in [0.15, 0.2) is 5.75 Å². The number of methoxy groups -OCH3 is 1. The molecule has 0 aromatic heterocycles. The number of anilines is 1. The fraction of sp³-hybridized carbons (Fsp3) is 0.562. The number of hydrogen-bond donors (Lipinski definition) is 0. The summed E-state index contributed by atoms with van der Waals surface area (Å²) in [6, 6.07) is 3.08. The maximum Gasteiger partial charge on any atom is 0.410 e. The summed E-state index contributed by atoms with van der Waals surface area (Å²) in [5.74, 6) is 0.206. The Balaban J connectivity index is 2.10. The van der Waals surface area contributed by atoms with Crippen LogP contribution < -0.4 is 9.64 Å². The molecule has 0 aliphatic carbocycles. The Morgan fingerprint density at radius 2 is 1.84 bits per heavy atom. The second-order valence-electron chi connectivity index (χ2n) is 6.69. The van der Waals surface area contributed by atoms with Gasteiger partial charge in [0.2, 0.25) is 0 Å². The first-order chi connectivity index (χ1) is 11.6. The van der Waals surface area contributed by atoms with Crippen molar-refractivity contribution >= 4 is 33.4 Å². The third-order valence-corrected chi connectivity index (χ3v) is 4.35. The van der Waals surface area contributed by atoms with Crippen molar-refractivity contribution < 1.29 is 19.2 Å². The molecule has 1 saturated heterocycles. The zero-order valence-electron chi connectivity index (χ0n) is 14.7. The van der Waals surface area contributed by atoms with Crippen LogP contribution in [-0.4, -0.2) is 54.8 Å². The minimum absolute atomic E-state index is 0.0921. The fourth-order valence-electron chi connectivity index (χ4n) is 2.54. The number of carbonyl (C=O) groups excluding carboxylic acids is 1. The lowest BCUT2D eigenvalue weighted by Gasteiger charge is -2.37. The maximum absolute atomic E-state index is 12.1. The Morgan fingerprint density at radius 1 is 1.24 bits per heavy atom. The van der Waals surface area contributed by atoms with E-state index in [9.17, 15) is 14.9 Å². The number of nitrogens with zero attached hydrogens (tertiary/aromatic N) is 3. The van der Waals surface area contributed by atoms with E-state index < -0.39 is 10.5 Å². The van der Waals surface area contributed by atoms with Gasteiger partial charge >= 0.3 is 11.8 Å². The normalized spacial score (nSPS) is 15.1. The summed E-state index contributed by atoms with van der Waals surface area (Å²) in [6.07, 6.45) is -0.326. The Hall–Kier alpha value is -2.03. The highest BCUT2D eigenvalue weighted by Crippen LogP contribution is 2.38. The first kappa shape index (κ1) is 19.3. The Morgan fingerprint density at radius 3 is 2.32 bits per heavy atom. The summed E-state index contributed by atoms with van der Waals surface area (Å²) >= 11 is 3.39. The first-order valence-electron chi connectivity index (χ1n) is 7.87. The number of ether oxygens (including phenoxy) is 2. The van der Waals surface area contributed by atoms with E-state index in [-0.39, 0.29) is 17.5 Å². The zero-order chi connectivity index (χ0) is 18.8. The number of halogens is 1. The van der Waals surface area contributed by atoms with Gasteiger partial charge in [0.25, 0.3) is 0 Å². The molecule has 1 amide bonds. The van der Waals surface area contributed by atoms with E-state index in [4.69, 9.17) is 9.47 Å². The molecule has 138 valence electrons. The number of nitro benzene ring substituents is 1. The second-order valence-corrected chi connectivity index (χ2v) is 7.54. The number of rotatable bonds is 3. The van der Waals surface area contributed by atoms with Gasteiger partial charge in [0, 0.05) is 42.8 Å². The van der Waals surface area contributed by atoms with Crippen LogP contribution in [0.2, 0.25) is 0 Å². The monoisotopic (exact) mass is 415 g/mol. The number of amides is 1. The van der Waals surface area contributed by atoms with Gasteiger partial charge in [0.1, 0.15) is 5.60 Å². The van der Waals surface area contributed by atoms with Crippen LogP contribution in [0, 0.1) is 10.1 Å². The van der Waals surface area contributed by atoms with Crippen LogP contribution in [0.3, 0.4) is 0 Å². The molecule has 0 saturated carbocycles.